The predicted octanol–water partition coefficient (Wildman–Crippen LogP) is 1.97. The van der Waals surface area contributed by atoms with Gasteiger partial charge in [0.25, 0.3) is 0 Å². The minimum Gasteiger partial charge on any atom is -0.479 e. The van der Waals surface area contributed by atoms with Gasteiger partial charge in [0.15, 0.2) is 6.04 Å². The lowest BCUT2D eigenvalue weighted by atomic mass is 9.97. The number of ether oxygens (including phenoxy) is 1. The lowest BCUT2D eigenvalue weighted by Gasteiger charge is -2.20. The molecule has 2 unspecified atom stereocenters. The molecule has 0 spiro atoms. The number of hydrogen-bond acceptors (Lipinski definition) is 3. The molecule has 2 atom stereocenters. The highest BCUT2D eigenvalue weighted by molar-refractivity contribution is 5.87. The second kappa shape index (κ2) is 7.05. The largest absolute Gasteiger partial charge is 0.479 e. The Morgan fingerprint density at radius 2 is 2.00 bits per heavy atom. The molecule has 1 amide bonds. The number of aliphatic carboxylic acids is 1. The summed E-state index contributed by atoms with van der Waals surface area (Å²) in [6, 6.07) is 4.34. The fourth-order valence-electron chi connectivity index (χ4n) is 1.94. The van der Waals surface area contributed by atoms with Gasteiger partial charge in [-0.1, -0.05) is 18.2 Å². The molecular formula is C15H21NO4. The molecule has 0 saturated heterocycles. The molecule has 0 aliphatic heterocycles. The molecular weight excluding hydrogens is 258 g/mol. The van der Waals surface area contributed by atoms with Crippen LogP contribution >= 0.6 is 0 Å². The zero-order chi connectivity index (χ0) is 15.3. The SMILES string of the molecule is CCOC(C)C(=O)NC(C(=O)O)c1cccc(C)c1C. The van der Waals surface area contributed by atoms with Crippen LogP contribution in [0, 0.1) is 13.8 Å². The van der Waals surface area contributed by atoms with E-state index in [1.165, 1.54) is 0 Å². The van der Waals surface area contributed by atoms with Gasteiger partial charge < -0.3 is 15.2 Å². The molecule has 1 rings (SSSR count). The van der Waals surface area contributed by atoms with E-state index in [0.717, 1.165) is 11.1 Å². The third-order valence-electron chi connectivity index (χ3n) is 3.28. The second-order valence-electron chi connectivity index (χ2n) is 4.67. The molecule has 1 aromatic rings. The van der Waals surface area contributed by atoms with Crippen LogP contribution in [0.15, 0.2) is 18.2 Å². The van der Waals surface area contributed by atoms with E-state index >= 15 is 0 Å². The van der Waals surface area contributed by atoms with E-state index in [-0.39, 0.29) is 0 Å². The Balaban J connectivity index is 2.98. The van der Waals surface area contributed by atoms with E-state index in [1.54, 1.807) is 26.0 Å². The summed E-state index contributed by atoms with van der Waals surface area (Å²) in [5, 5.41) is 11.9. The maximum Gasteiger partial charge on any atom is 0.330 e. The molecule has 20 heavy (non-hydrogen) atoms. The number of carboxylic acid groups (broad SMARTS) is 1. The summed E-state index contributed by atoms with van der Waals surface area (Å²) in [7, 11) is 0. The van der Waals surface area contributed by atoms with Gasteiger partial charge in [-0.3, -0.25) is 4.79 Å². The monoisotopic (exact) mass is 279 g/mol. The van der Waals surface area contributed by atoms with Crippen molar-refractivity contribution < 1.29 is 19.4 Å². The van der Waals surface area contributed by atoms with E-state index in [2.05, 4.69) is 5.32 Å². The molecule has 0 radical (unpaired) electrons. The summed E-state index contributed by atoms with van der Waals surface area (Å²) < 4.78 is 5.17. The molecule has 110 valence electrons. The van der Waals surface area contributed by atoms with Crippen molar-refractivity contribution in [2.24, 2.45) is 0 Å². The quantitative estimate of drug-likeness (QED) is 0.834. The Labute approximate surface area is 118 Å². The number of amides is 1. The molecule has 0 heterocycles. The summed E-state index contributed by atoms with van der Waals surface area (Å²) in [6.45, 7) is 7.53. The lowest BCUT2D eigenvalue weighted by molar-refractivity contribution is -0.144. The summed E-state index contributed by atoms with van der Waals surface area (Å²) in [5.41, 5.74) is 2.44. The maximum absolute atomic E-state index is 11.9. The van der Waals surface area contributed by atoms with Crippen molar-refractivity contribution >= 4 is 11.9 Å². The highest BCUT2D eigenvalue weighted by atomic mass is 16.5. The molecule has 0 fully saturated rings. The van der Waals surface area contributed by atoms with Crippen molar-refractivity contribution in [1.29, 1.82) is 0 Å². The third-order valence-corrected chi connectivity index (χ3v) is 3.28. The van der Waals surface area contributed by atoms with Gasteiger partial charge in [-0.15, -0.1) is 0 Å². The molecule has 5 nitrogen and oxygen atoms in total. The maximum atomic E-state index is 11.9. The molecule has 1 aromatic carbocycles. The Bertz CT molecular complexity index is 499. The third kappa shape index (κ3) is 3.81. The zero-order valence-corrected chi connectivity index (χ0v) is 12.3. The first kappa shape index (κ1) is 16.2. The minimum atomic E-state index is -1.09. The molecule has 0 bridgehead atoms. The Morgan fingerprint density at radius 1 is 1.35 bits per heavy atom. The summed E-state index contributed by atoms with van der Waals surface area (Å²) in [6.07, 6.45) is -0.674. The highest BCUT2D eigenvalue weighted by Gasteiger charge is 2.26. The van der Waals surface area contributed by atoms with Crippen molar-refractivity contribution in [3.8, 4) is 0 Å². The number of carboxylic acids is 1. The van der Waals surface area contributed by atoms with E-state index in [9.17, 15) is 14.7 Å². The number of aryl methyl sites for hydroxylation is 1. The van der Waals surface area contributed by atoms with E-state index in [0.29, 0.717) is 12.2 Å². The van der Waals surface area contributed by atoms with Crippen LogP contribution in [0.1, 0.15) is 36.6 Å². The fraction of sp³-hybridized carbons (Fsp3) is 0.467. The van der Waals surface area contributed by atoms with Crippen LogP contribution in [0.5, 0.6) is 0 Å². The van der Waals surface area contributed by atoms with Crippen LogP contribution in [-0.2, 0) is 14.3 Å². The fourth-order valence-corrected chi connectivity index (χ4v) is 1.94. The second-order valence-corrected chi connectivity index (χ2v) is 4.67. The molecule has 5 heteroatoms. The van der Waals surface area contributed by atoms with Crippen molar-refractivity contribution in [3.05, 3.63) is 34.9 Å². The number of carbonyl (C=O) groups is 2. The topological polar surface area (TPSA) is 75.6 Å². The average molecular weight is 279 g/mol. The summed E-state index contributed by atoms with van der Waals surface area (Å²) in [4.78, 5) is 23.3. The standard InChI is InChI=1S/C15H21NO4/c1-5-20-11(4)14(17)16-13(15(18)19)12-8-6-7-9(2)10(12)3/h6-8,11,13H,5H2,1-4H3,(H,16,17)(H,18,19). The summed E-state index contributed by atoms with van der Waals surface area (Å²) in [5.74, 6) is -1.52. The van der Waals surface area contributed by atoms with Crippen molar-refractivity contribution in [2.45, 2.75) is 39.8 Å². The first-order valence-electron chi connectivity index (χ1n) is 6.59. The van der Waals surface area contributed by atoms with Gasteiger partial charge in [0.2, 0.25) is 5.91 Å². The van der Waals surface area contributed by atoms with E-state index < -0.39 is 24.0 Å². The van der Waals surface area contributed by atoms with Gasteiger partial charge in [-0.25, -0.2) is 4.79 Å². The van der Waals surface area contributed by atoms with Crippen LogP contribution in [0.3, 0.4) is 0 Å². The first-order valence-corrected chi connectivity index (χ1v) is 6.59. The Morgan fingerprint density at radius 3 is 2.55 bits per heavy atom. The van der Waals surface area contributed by atoms with E-state index in [1.807, 2.05) is 19.9 Å². The van der Waals surface area contributed by atoms with Crippen molar-refractivity contribution in [2.75, 3.05) is 6.61 Å². The molecule has 0 aliphatic rings. The molecule has 0 aromatic heterocycles. The van der Waals surface area contributed by atoms with Crippen LogP contribution in [0.2, 0.25) is 0 Å². The number of benzene rings is 1. The average Bonchev–Trinajstić information content (AvgIpc) is 2.39. The van der Waals surface area contributed by atoms with Crippen LogP contribution in [-0.4, -0.2) is 29.7 Å². The minimum absolute atomic E-state index is 0.399. The number of nitrogens with one attached hydrogen (secondary N) is 1. The van der Waals surface area contributed by atoms with Crippen LogP contribution in [0.25, 0.3) is 0 Å². The zero-order valence-electron chi connectivity index (χ0n) is 12.3. The number of carbonyl (C=O) groups excluding carboxylic acids is 1. The van der Waals surface area contributed by atoms with Crippen LogP contribution in [0.4, 0.5) is 0 Å². The van der Waals surface area contributed by atoms with Gasteiger partial charge in [0.1, 0.15) is 6.10 Å². The Hall–Kier alpha value is -1.88. The van der Waals surface area contributed by atoms with Crippen molar-refractivity contribution in [1.82, 2.24) is 5.32 Å². The lowest BCUT2D eigenvalue weighted by Crippen LogP contribution is -2.40. The van der Waals surface area contributed by atoms with Crippen LogP contribution < -0.4 is 5.32 Å². The number of rotatable bonds is 6. The molecule has 2 N–H and O–H groups in total. The van der Waals surface area contributed by atoms with Gasteiger partial charge >= 0.3 is 5.97 Å². The van der Waals surface area contributed by atoms with Gasteiger partial charge in [0, 0.05) is 6.61 Å². The van der Waals surface area contributed by atoms with Gasteiger partial charge in [-0.2, -0.15) is 0 Å². The molecule has 0 aliphatic carbocycles. The Kier molecular flexibility index (Phi) is 5.70. The highest BCUT2D eigenvalue weighted by Crippen LogP contribution is 2.21. The normalized spacial score (nSPS) is 13.6. The first-order chi connectivity index (χ1) is 9.38. The predicted molar refractivity (Wildman–Crippen MR) is 75.5 cm³/mol. The number of hydrogen-bond donors (Lipinski definition) is 2. The summed E-state index contributed by atoms with van der Waals surface area (Å²) >= 11 is 0. The van der Waals surface area contributed by atoms with Gasteiger partial charge in [-0.05, 0) is 44.4 Å². The smallest absolute Gasteiger partial charge is 0.330 e. The molecule has 0 saturated carbocycles. The van der Waals surface area contributed by atoms with Crippen molar-refractivity contribution in [3.63, 3.8) is 0 Å². The van der Waals surface area contributed by atoms with E-state index in [4.69, 9.17) is 4.74 Å². The van der Waals surface area contributed by atoms with Gasteiger partial charge in [0.05, 0.1) is 0 Å².